The molecule has 0 bridgehead atoms. The minimum Gasteiger partial charge on any atom is -0.476 e. The van der Waals surface area contributed by atoms with Gasteiger partial charge in [0.2, 0.25) is 0 Å². The number of ether oxygens (including phenoxy) is 2. The highest BCUT2D eigenvalue weighted by atomic mass is 19.4. The zero-order valence-electron chi connectivity index (χ0n) is 20.7. The molecular formula is C29H29F3O4. The molecule has 3 aromatic carbocycles. The molecule has 7 heteroatoms. The van der Waals surface area contributed by atoms with E-state index in [1.165, 1.54) is 12.1 Å². The SMILES string of the molecule is CCOC(=O)C(C)(C)Oc1ccc(C(=O)CCc2ccc(-c3ccc(C(F)(F)F)cc3)cc2)cc1C. The van der Waals surface area contributed by atoms with Crippen molar-refractivity contribution in [1.29, 1.82) is 0 Å². The van der Waals surface area contributed by atoms with E-state index in [0.717, 1.165) is 28.8 Å². The molecule has 0 N–H and O–H groups in total. The van der Waals surface area contributed by atoms with Gasteiger partial charge in [-0.25, -0.2) is 4.79 Å². The molecule has 0 radical (unpaired) electrons. The van der Waals surface area contributed by atoms with E-state index in [0.29, 0.717) is 29.7 Å². The lowest BCUT2D eigenvalue weighted by molar-refractivity contribution is -0.158. The van der Waals surface area contributed by atoms with Gasteiger partial charge in [0.15, 0.2) is 11.4 Å². The van der Waals surface area contributed by atoms with Crippen LogP contribution in [0.2, 0.25) is 0 Å². The van der Waals surface area contributed by atoms with Crippen molar-refractivity contribution in [2.24, 2.45) is 0 Å². The van der Waals surface area contributed by atoms with Crippen LogP contribution in [-0.2, 0) is 22.1 Å². The molecular weight excluding hydrogens is 469 g/mol. The molecule has 0 unspecified atom stereocenters. The first-order valence-corrected chi connectivity index (χ1v) is 11.7. The molecule has 190 valence electrons. The number of carbonyl (C=O) groups excluding carboxylic acids is 2. The normalized spacial score (nSPS) is 11.8. The number of carbonyl (C=O) groups is 2. The average molecular weight is 499 g/mol. The first-order chi connectivity index (χ1) is 16.9. The van der Waals surface area contributed by atoms with Gasteiger partial charge in [0.25, 0.3) is 0 Å². The Balaban J connectivity index is 1.60. The van der Waals surface area contributed by atoms with Crippen molar-refractivity contribution in [1.82, 2.24) is 0 Å². The van der Waals surface area contributed by atoms with Crippen molar-refractivity contribution in [3.8, 4) is 16.9 Å². The van der Waals surface area contributed by atoms with Gasteiger partial charge in [0, 0.05) is 12.0 Å². The highest BCUT2D eigenvalue weighted by molar-refractivity contribution is 5.96. The molecule has 0 aromatic heterocycles. The lowest BCUT2D eigenvalue weighted by Gasteiger charge is -2.25. The number of esters is 1. The second-order valence-corrected chi connectivity index (χ2v) is 9.01. The van der Waals surface area contributed by atoms with Gasteiger partial charge in [0.1, 0.15) is 5.75 Å². The first-order valence-electron chi connectivity index (χ1n) is 11.7. The smallest absolute Gasteiger partial charge is 0.416 e. The monoisotopic (exact) mass is 498 g/mol. The summed E-state index contributed by atoms with van der Waals surface area (Å²) in [5.41, 5.74) is 1.89. The van der Waals surface area contributed by atoms with Crippen LogP contribution < -0.4 is 4.74 Å². The van der Waals surface area contributed by atoms with E-state index in [-0.39, 0.29) is 12.4 Å². The highest BCUT2D eigenvalue weighted by Crippen LogP contribution is 2.31. The Bertz CT molecular complexity index is 1210. The van der Waals surface area contributed by atoms with Crippen LogP contribution in [0.3, 0.4) is 0 Å². The summed E-state index contributed by atoms with van der Waals surface area (Å²) < 4.78 is 49.2. The fraction of sp³-hybridized carbons (Fsp3) is 0.310. The summed E-state index contributed by atoms with van der Waals surface area (Å²) in [7, 11) is 0. The lowest BCUT2D eigenvalue weighted by Crippen LogP contribution is -2.39. The van der Waals surface area contributed by atoms with Crippen LogP contribution in [0.5, 0.6) is 5.75 Å². The van der Waals surface area contributed by atoms with E-state index in [1.54, 1.807) is 39.0 Å². The van der Waals surface area contributed by atoms with E-state index in [2.05, 4.69) is 0 Å². The van der Waals surface area contributed by atoms with Crippen molar-refractivity contribution in [3.05, 3.63) is 89.0 Å². The van der Waals surface area contributed by atoms with Crippen molar-refractivity contribution in [2.45, 2.75) is 52.3 Å². The number of halogens is 3. The van der Waals surface area contributed by atoms with E-state index in [4.69, 9.17) is 9.47 Å². The number of hydrogen-bond acceptors (Lipinski definition) is 4. The second kappa shape index (κ2) is 11.0. The Morgan fingerprint density at radius 1 is 0.861 bits per heavy atom. The summed E-state index contributed by atoms with van der Waals surface area (Å²) in [6.45, 7) is 7.06. The van der Waals surface area contributed by atoms with Gasteiger partial charge >= 0.3 is 12.1 Å². The molecule has 36 heavy (non-hydrogen) atoms. The number of rotatable bonds is 9. The Morgan fingerprint density at radius 2 is 1.44 bits per heavy atom. The zero-order valence-corrected chi connectivity index (χ0v) is 20.7. The van der Waals surface area contributed by atoms with Crippen LogP contribution in [0.1, 0.15) is 54.2 Å². The van der Waals surface area contributed by atoms with Gasteiger partial charge in [-0.05, 0) is 86.7 Å². The Morgan fingerprint density at radius 3 is 1.97 bits per heavy atom. The number of Topliss-reactive ketones (excluding diaryl/α,β-unsaturated/α-hetero) is 1. The standard InChI is InChI=1S/C29H29F3O4/c1-5-35-27(34)28(3,4)36-26-17-13-23(18-19(26)2)25(33)16-8-20-6-9-21(10-7-20)22-11-14-24(15-12-22)29(30,31)32/h6-7,9-15,17-18H,5,8,16H2,1-4H3. The van der Waals surface area contributed by atoms with E-state index < -0.39 is 23.3 Å². The number of aryl methyl sites for hydroxylation is 2. The van der Waals surface area contributed by atoms with Crippen LogP contribution in [-0.4, -0.2) is 24.0 Å². The number of ketones is 1. The maximum absolute atomic E-state index is 12.8. The summed E-state index contributed by atoms with van der Waals surface area (Å²) >= 11 is 0. The van der Waals surface area contributed by atoms with E-state index >= 15 is 0 Å². The van der Waals surface area contributed by atoms with Crippen LogP contribution in [0, 0.1) is 6.92 Å². The molecule has 0 fully saturated rings. The summed E-state index contributed by atoms with van der Waals surface area (Å²) in [4.78, 5) is 24.8. The molecule has 0 aliphatic rings. The second-order valence-electron chi connectivity index (χ2n) is 9.01. The lowest BCUT2D eigenvalue weighted by atomic mass is 9.98. The highest BCUT2D eigenvalue weighted by Gasteiger charge is 2.32. The van der Waals surface area contributed by atoms with E-state index in [1.807, 2.05) is 31.2 Å². The predicted molar refractivity (Wildman–Crippen MR) is 132 cm³/mol. The fourth-order valence-electron chi connectivity index (χ4n) is 3.68. The molecule has 0 atom stereocenters. The Hall–Kier alpha value is -3.61. The predicted octanol–water partition coefficient (Wildman–Crippen LogP) is 7.22. The summed E-state index contributed by atoms with van der Waals surface area (Å²) in [6, 6.07) is 17.6. The van der Waals surface area contributed by atoms with E-state index in [9.17, 15) is 22.8 Å². The molecule has 4 nitrogen and oxygen atoms in total. The van der Waals surface area contributed by atoms with Crippen molar-refractivity contribution in [3.63, 3.8) is 0 Å². The maximum atomic E-state index is 12.8. The van der Waals surface area contributed by atoms with Crippen LogP contribution in [0.25, 0.3) is 11.1 Å². The van der Waals surface area contributed by atoms with Crippen molar-refractivity contribution >= 4 is 11.8 Å². The number of hydrogen-bond donors (Lipinski definition) is 0. The third-order valence-electron chi connectivity index (χ3n) is 5.77. The van der Waals surface area contributed by atoms with Gasteiger partial charge in [0.05, 0.1) is 12.2 Å². The average Bonchev–Trinajstić information content (AvgIpc) is 2.83. The van der Waals surface area contributed by atoms with Gasteiger partial charge in [-0.3, -0.25) is 4.79 Å². The molecule has 0 spiro atoms. The Labute approximate surface area is 209 Å². The fourth-order valence-corrected chi connectivity index (χ4v) is 3.68. The zero-order chi connectivity index (χ0) is 26.5. The molecule has 0 aliphatic carbocycles. The molecule has 0 amide bonds. The van der Waals surface area contributed by atoms with Crippen molar-refractivity contribution in [2.75, 3.05) is 6.61 Å². The summed E-state index contributed by atoms with van der Waals surface area (Å²) in [5, 5.41) is 0. The number of benzene rings is 3. The third kappa shape index (κ3) is 6.74. The maximum Gasteiger partial charge on any atom is 0.416 e. The Kier molecular flexibility index (Phi) is 8.23. The molecule has 0 aliphatic heterocycles. The molecule has 0 saturated heterocycles. The van der Waals surface area contributed by atoms with Gasteiger partial charge in [-0.1, -0.05) is 36.4 Å². The minimum atomic E-state index is -4.36. The molecule has 0 heterocycles. The van der Waals surface area contributed by atoms with Gasteiger partial charge in [-0.2, -0.15) is 13.2 Å². The summed E-state index contributed by atoms with van der Waals surface area (Å²) in [6.07, 6.45) is -3.53. The van der Waals surface area contributed by atoms with Crippen LogP contribution in [0.4, 0.5) is 13.2 Å². The van der Waals surface area contributed by atoms with Crippen molar-refractivity contribution < 1.29 is 32.2 Å². The minimum absolute atomic E-state index is 0.0267. The third-order valence-corrected chi connectivity index (χ3v) is 5.77. The molecule has 3 aromatic rings. The molecule has 0 saturated carbocycles. The first kappa shape index (κ1) is 27.0. The van der Waals surface area contributed by atoms with Crippen LogP contribution >= 0.6 is 0 Å². The quantitative estimate of drug-likeness (QED) is 0.231. The van der Waals surface area contributed by atoms with Gasteiger partial charge < -0.3 is 9.47 Å². The van der Waals surface area contributed by atoms with Crippen LogP contribution in [0.15, 0.2) is 66.7 Å². The summed E-state index contributed by atoms with van der Waals surface area (Å²) in [5.74, 6) is 0.0125. The van der Waals surface area contributed by atoms with Gasteiger partial charge in [-0.15, -0.1) is 0 Å². The topological polar surface area (TPSA) is 52.6 Å². The molecule has 3 rings (SSSR count). The number of alkyl halides is 3. The largest absolute Gasteiger partial charge is 0.476 e.